The zero-order chi connectivity index (χ0) is 22.8. The largest absolute Gasteiger partial charge is 0.464 e. The molecule has 0 aliphatic heterocycles. The van der Waals surface area contributed by atoms with Crippen molar-refractivity contribution in [1.82, 2.24) is 5.48 Å². The zero-order valence-corrected chi connectivity index (χ0v) is 17.1. The second-order valence-corrected chi connectivity index (χ2v) is 5.89. The van der Waals surface area contributed by atoms with Gasteiger partial charge in [-0.05, 0) is 17.7 Å². The van der Waals surface area contributed by atoms with Gasteiger partial charge in [-0.2, -0.15) is 0 Å². The van der Waals surface area contributed by atoms with Crippen LogP contribution in [0.15, 0.2) is 65.1 Å². The summed E-state index contributed by atoms with van der Waals surface area (Å²) >= 11 is 0. The van der Waals surface area contributed by atoms with Crippen molar-refractivity contribution in [2.75, 3.05) is 21.3 Å². The van der Waals surface area contributed by atoms with Crippen molar-refractivity contribution in [1.29, 1.82) is 0 Å². The highest BCUT2D eigenvalue weighted by atomic mass is 19.1. The van der Waals surface area contributed by atoms with Crippen LogP contribution in [0.4, 0.5) is 8.78 Å². The first-order valence-corrected chi connectivity index (χ1v) is 8.84. The van der Waals surface area contributed by atoms with Gasteiger partial charge in [-0.1, -0.05) is 41.2 Å². The Labute approximate surface area is 177 Å². The standard InChI is InChI=1S/C21H21F2N3O5/c1-13(19(25-29-3)17-10-9-15(22)11-18(17)23)24-31-12-14-7-5-6-8-16(14)20(26-30-4)21(27)28-2/h5-11,24H,1,12H2,2-4H3. The van der Waals surface area contributed by atoms with E-state index in [9.17, 15) is 13.6 Å². The van der Waals surface area contributed by atoms with E-state index >= 15 is 0 Å². The predicted octanol–water partition coefficient (Wildman–Crippen LogP) is 3.07. The smallest absolute Gasteiger partial charge is 0.360 e. The minimum absolute atomic E-state index is 0.0236. The van der Waals surface area contributed by atoms with Crippen LogP contribution in [0.25, 0.3) is 0 Å². The van der Waals surface area contributed by atoms with Gasteiger partial charge >= 0.3 is 5.97 Å². The van der Waals surface area contributed by atoms with E-state index in [0.29, 0.717) is 17.2 Å². The van der Waals surface area contributed by atoms with Crippen LogP contribution in [0.2, 0.25) is 0 Å². The molecule has 2 rings (SSSR count). The number of carbonyl (C=O) groups is 1. The number of rotatable bonds is 10. The van der Waals surface area contributed by atoms with E-state index in [0.717, 1.165) is 6.07 Å². The van der Waals surface area contributed by atoms with E-state index in [1.807, 2.05) is 0 Å². The summed E-state index contributed by atoms with van der Waals surface area (Å²) in [6.07, 6.45) is 0. The Balaban J connectivity index is 2.17. The maximum atomic E-state index is 14.1. The van der Waals surface area contributed by atoms with Crippen molar-refractivity contribution in [3.63, 3.8) is 0 Å². The summed E-state index contributed by atoms with van der Waals surface area (Å²) in [5.41, 5.74) is 3.50. The Kier molecular flexibility index (Phi) is 8.64. The highest BCUT2D eigenvalue weighted by molar-refractivity contribution is 6.43. The lowest BCUT2D eigenvalue weighted by Gasteiger charge is -2.14. The lowest BCUT2D eigenvalue weighted by molar-refractivity contribution is -0.132. The summed E-state index contributed by atoms with van der Waals surface area (Å²) in [5.74, 6) is -2.26. The maximum absolute atomic E-state index is 14.1. The third-order valence-electron chi connectivity index (χ3n) is 3.91. The lowest BCUT2D eigenvalue weighted by atomic mass is 10.0. The van der Waals surface area contributed by atoms with Crippen LogP contribution in [0.3, 0.4) is 0 Å². The molecule has 0 unspecified atom stereocenters. The SMILES string of the molecule is C=C(NOCc1ccccc1C(=NOC)C(=O)OC)C(=NOC)c1ccc(F)cc1F. The number of carbonyl (C=O) groups excluding carboxylic acids is 1. The molecule has 1 N–H and O–H groups in total. The first-order valence-electron chi connectivity index (χ1n) is 8.84. The minimum atomic E-state index is -0.845. The van der Waals surface area contributed by atoms with Crippen LogP contribution >= 0.6 is 0 Å². The molecule has 0 atom stereocenters. The summed E-state index contributed by atoms with van der Waals surface area (Å²) in [6, 6.07) is 9.80. The molecule has 0 saturated carbocycles. The molecule has 0 heterocycles. The highest BCUT2D eigenvalue weighted by Gasteiger charge is 2.20. The molecule has 0 spiro atoms. The maximum Gasteiger partial charge on any atom is 0.360 e. The molecular formula is C21H21F2N3O5. The molecular weight excluding hydrogens is 412 g/mol. The third kappa shape index (κ3) is 6.09. The molecule has 0 aliphatic carbocycles. The van der Waals surface area contributed by atoms with E-state index in [2.05, 4.69) is 22.4 Å². The molecule has 0 radical (unpaired) electrons. The fraction of sp³-hybridized carbons (Fsp3) is 0.190. The van der Waals surface area contributed by atoms with E-state index < -0.39 is 17.6 Å². The number of hydroxylamine groups is 1. The summed E-state index contributed by atoms with van der Waals surface area (Å²) in [6.45, 7) is 3.71. The van der Waals surface area contributed by atoms with Gasteiger partial charge in [0, 0.05) is 17.2 Å². The van der Waals surface area contributed by atoms with Crippen LogP contribution in [0, 0.1) is 11.6 Å². The molecule has 8 nitrogen and oxygen atoms in total. The quantitative estimate of drug-likeness (QED) is 0.352. The van der Waals surface area contributed by atoms with Crippen LogP contribution < -0.4 is 5.48 Å². The Bertz CT molecular complexity index is 1010. The average Bonchev–Trinajstić information content (AvgIpc) is 2.76. The molecule has 0 amide bonds. The first kappa shape index (κ1) is 23.5. The van der Waals surface area contributed by atoms with Gasteiger partial charge < -0.3 is 14.4 Å². The van der Waals surface area contributed by atoms with Gasteiger partial charge in [0.25, 0.3) is 0 Å². The fourth-order valence-corrected chi connectivity index (χ4v) is 2.55. The van der Waals surface area contributed by atoms with E-state index in [4.69, 9.17) is 19.2 Å². The number of esters is 1. The van der Waals surface area contributed by atoms with Gasteiger partial charge in [0.1, 0.15) is 38.2 Å². The van der Waals surface area contributed by atoms with Gasteiger partial charge in [-0.15, -0.1) is 0 Å². The topological polar surface area (TPSA) is 90.7 Å². The molecule has 0 fully saturated rings. The average molecular weight is 433 g/mol. The molecule has 2 aromatic carbocycles. The van der Waals surface area contributed by atoms with E-state index in [1.165, 1.54) is 27.4 Å². The Morgan fingerprint density at radius 3 is 2.32 bits per heavy atom. The van der Waals surface area contributed by atoms with Crippen molar-refractivity contribution < 1.29 is 32.8 Å². The highest BCUT2D eigenvalue weighted by Crippen LogP contribution is 2.16. The van der Waals surface area contributed by atoms with Gasteiger partial charge in [-0.25, -0.2) is 13.6 Å². The fourth-order valence-electron chi connectivity index (χ4n) is 2.55. The normalized spacial score (nSPS) is 11.6. The number of nitrogens with zero attached hydrogens (tertiary/aromatic N) is 2. The van der Waals surface area contributed by atoms with Crippen LogP contribution in [0.5, 0.6) is 0 Å². The Morgan fingerprint density at radius 1 is 1.00 bits per heavy atom. The van der Waals surface area contributed by atoms with Crippen molar-refractivity contribution in [3.05, 3.63) is 83.1 Å². The summed E-state index contributed by atoms with van der Waals surface area (Å²) in [5, 5.41) is 7.45. The van der Waals surface area contributed by atoms with Crippen LogP contribution in [-0.2, 0) is 30.7 Å². The van der Waals surface area contributed by atoms with Crippen molar-refractivity contribution in [2.45, 2.75) is 6.61 Å². The summed E-state index contributed by atoms with van der Waals surface area (Å²) in [7, 11) is 3.80. The number of hydrogen-bond donors (Lipinski definition) is 1. The Hall–Kier alpha value is -3.79. The second-order valence-electron chi connectivity index (χ2n) is 5.89. The first-order chi connectivity index (χ1) is 14.9. The molecule has 10 heteroatoms. The zero-order valence-electron chi connectivity index (χ0n) is 17.1. The molecule has 0 aliphatic rings. The number of hydrogen-bond acceptors (Lipinski definition) is 8. The molecule has 31 heavy (non-hydrogen) atoms. The molecule has 0 aromatic heterocycles. The van der Waals surface area contributed by atoms with Gasteiger partial charge in [0.05, 0.1) is 12.8 Å². The van der Waals surface area contributed by atoms with Gasteiger partial charge in [0.2, 0.25) is 0 Å². The van der Waals surface area contributed by atoms with Gasteiger partial charge in [0.15, 0.2) is 5.71 Å². The van der Waals surface area contributed by atoms with E-state index in [-0.39, 0.29) is 29.3 Å². The number of benzene rings is 2. The lowest BCUT2D eigenvalue weighted by Crippen LogP contribution is -2.23. The summed E-state index contributed by atoms with van der Waals surface area (Å²) in [4.78, 5) is 26.9. The van der Waals surface area contributed by atoms with Crippen LogP contribution in [0.1, 0.15) is 16.7 Å². The van der Waals surface area contributed by atoms with Gasteiger partial charge in [-0.3, -0.25) is 10.3 Å². The van der Waals surface area contributed by atoms with Crippen molar-refractivity contribution in [2.24, 2.45) is 10.3 Å². The molecule has 2 aromatic rings. The second kappa shape index (κ2) is 11.4. The number of allylic oxidation sites excluding steroid dienone is 1. The number of methoxy groups -OCH3 is 1. The van der Waals surface area contributed by atoms with Crippen LogP contribution in [-0.4, -0.2) is 38.7 Å². The third-order valence-corrected chi connectivity index (χ3v) is 3.91. The number of ether oxygens (including phenoxy) is 1. The number of halogens is 2. The Morgan fingerprint density at radius 2 is 1.68 bits per heavy atom. The van der Waals surface area contributed by atoms with Crippen molar-refractivity contribution in [3.8, 4) is 0 Å². The summed E-state index contributed by atoms with van der Waals surface area (Å²) < 4.78 is 32.1. The number of nitrogens with one attached hydrogen (secondary N) is 1. The molecule has 0 saturated heterocycles. The minimum Gasteiger partial charge on any atom is -0.464 e. The number of oxime groups is 2. The van der Waals surface area contributed by atoms with E-state index in [1.54, 1.807) is 24.3 Å². The molecule has 164 valence electrons. The monoisotopic (exact) mass is 433 g/mol. The van der Waals surface area contributed by atoms with Crippen molar-refractivity contribution >= 4 is 17.4 Å². The predicted molar refractivity (Wildman–Crippen MR) is 109 cm³/mol. The molecule has 0 bridgehead atoms.